The van der Waals surface area contributed by atoms with Crippen molar-refractivity contribution in [3.63, 3.8) is 0 Å². The number of nitro groups is 1. The highest BCUT2D eigenvalue weighted by Crippen LogP contribution is 2.30. The van der Waals surface area contributed by atoms with Crippen LogP contribution in [0.25, 0.3) is 5.69 Å². The SMILES string of the molecule is CC(c1cccc([N+](=O)[O-])c1)N(C)C(=O)c1nn(-c2ccc(F)cc2)c2c1CCCC2. The lowest BCUT2D eigenvalue weighted by molar-refractivity contribution is -0.384. The lowest BCUT2D eigenvalue weighted by Crippen LogP contribution is -2.31. The molecule has 7 nitrogen and oxygen atoms in total. The Bertz CT molecular complexity index is 1140. The Morgan fingerprint density at radius 1 is 1.19 bits per heavy atom. The first-order valence-corrected chi connectivity index (χ1v) is 10.2. The molecule has 0 radical (unpaired) electrons. The Kier molecular flexibility index (Phi) is 5.54. The molecule has 1 heterocycles. The maximum Gasteiger partial charge on any atom is 0.274 e. The van der Waals surface area contributed by atoms with Gasteiger partial charge >= 0.3 is 0 Å². The third kappa shape index (κ3) is 3.93. The van der Waals surface area contributed by atoms with Crippen molar-refractivity contribution in [3.8, 4) is 5.69 Å². The van der Waals surface area contributed by atoms with E-state index in [2.05, 4.69) is 5.10 Å². The molecule has 1 amide bonds. The minimum absolute atomic E-state index is 0.0110. The van der Waals surface area contributed by atoms with Crippen molar-refractivity contribution in [3.05, 3.63) is 87.0 Å². The number of halogens is 1. The van der Waals surface area contributed by atoms with Gasteiger partial charge in [0.2, 0.25) is 0 Å². The number of fused-ring (bicyclic) bond motifs is 1. The monoisotopic (exact) mass is 422 g/mol. The number of hydrogen-bond acceptors (Lipinski definition) is 4. The maximum atomic E-state index is 13.4. The molecule has 1 aromatic heterocycles. The largest absolute Gasteiger partial charge is 0.334 e. The maximum absolute atomic E-state index is 13.4. The Hall–Kier alpha value is -3.55. The molecule has 0 aliphatic heterocycles. The van der Waals surface area contributed by atoms with E-state index in [1.807, 2.05) is 6.92 Å². The van der Waals surface area contributed by atoms with Crippen molar-refractivity contribution in [1.82, 2.24) is 14.7 Å². The molecule has 0 saturated carbocycles. The second-order valence-corrected chi connectivity index (χ2v) is 7.81. The zero-order valence-electron chi connectivity index (χ0n) is 17.4. The Balaban J connectivity index is 1.69. The fourth-order valence-corrected chi connectivity index (χ4v) is 4.03. The lowest BCUT2D eigenvalue weighted by Gasteiger charge is -2.25. The van der Waals surface area contributed by atoms with Crippen molar-refractivity contribution in [2.24, 2.45) is 0 Å². The van der Waals surface area contributed by atoms with Gasteiger partial charge in [-0.3, -0.25) is 14.9 Å². The topological polar surface area (TPSA) is 81.3 Å². The number of aromatic nitrogens is 2. The molecule has 0 saturated heterocycles. The fourth-order valence-electron chi connectivity index (χ4n) is 4.03. The number of nitrogens with zero attached hydrogens (tertiary/aromatic N) is 4. The number of carbonyl (C=O) groups is 1. The summed E-state index contributed by atoms with van der Waals surface area (Å²) in [6, 6.07) is 12.0. The van der Waals surface area contributed by atoms with Crippen LogP contribution in [0.15, 0.2) is 48.5 Å². The number of rotatable bonds is 5. The van der Waals surface area contributed by atoms with Gasteiger partial charge in [0, 0.05) is 30.4 Å². The number of hydrogen-bond donors (Lipinski definition) is 0. The average Bonchev–Trinajstić information content (AvgIpc) is 3.18. The summed E-state index contributed by atoms with van der Waals surface area (Å²) in [5.41, 5.74) is 3.68. The van der Waals surface area contributed by atoms with Gasteiger partial charge in [-0.05, 0) is 62.4 Å². The van der Waals surface area contributed by atoms with Crippen molar-refractivity contribution in [2.45, 2.75) is 38.6 Å². The quantitative estimate of drug-likeness (QED) is 0.443. The van der Waals surface area contributed by atoms with Gasteiger partial charge in [-0.15, -0.1) is 0 Å². The molecule has 2 aromatic carbocycles. The highest BCUT2D eigenvalue weighted by atomic mass is 19.1. The molecule has 4 rings (SSSR count). The minimum atomic E-state index is -0.446. The van der Waals surface area contributed by atoms with Crippen LogP contribution in [0.4, 0.5) is 10.1 Å². The highest BCUT2D eigenvalue weighted by Gasteiger charge is 2.29. The summed E-state index contributed by atoms with van der Waals surface area (Å²) in [5.74, 6) is -0.565. The van der Waals surface area contributed by atoms with Crippen molar-refractivity contribution >= 4 is 11.6 Å². The van der Waals surface area contributed by atoms with E-state index in [1.54, 1.807) is 40.9 Å². The van der Waals surface area contributed by atoms with Crippen LogP contribution in [-0.2, 0) is 12.8 Å². The second kappa shape index (κ2) is 8.29. The van der Waals surface area contributed by atoms with Gasteiger partial charge in [0.15, 0.2) is 5.69 Å². The molecule has 160 valence electrons. The summed E-state index contributed by atoms with van der Waals surface area (Å²) < 4.78 is 15.1. The molecule has 31 heavy (non-hydrogen) atoms. The minimum Gasteiger partial charge on any atom is -0.334 e. The number of non-ortho nitro benzene ring substituents is 1. The summed E-state index contributed by atoms with van der Waals surface area (Å²) in [6.45, 7) is 1.83. The molecular formula is C23H23FN4O3. The molecule has 0 bridgehead atoms. The van der Waals surface area contributed by atoms with Crippen LogP contribution in [-0.4, -0.2) is 32.6 Å². The zero-order chi connectivity index (χ0) is 22.1. The van der Waals surface area contributed by atoms with Gasteiger partial charge in [-0.2, -0.15) is 5.10 Å². The first-order chi connectivity index (χ1) is 14.9. The molecular weight excluding hydrogens is 399 g/mol. The summed E-state index contributed by atoms with van der Waals surface area (Å²) in [7, 11) is 1.68. The number of benzene rings is 2. The molecule has 8 heteroatoms. The van der Waals surface area contributed by atoms with Crippen LogP contribution in [0.2, 0.25) is 0 Å². The third-order valence-electron chi connectivity index (χ3n) is 5.92. The lowest BCUT2D eigenvalue weighted by atomic mass is 9.95. The van der Waals surface area contributed by atoms with Crippen LogP contribution >= 0.6 is 0 Å². The Morgan fingerprint density at radius 3 is 2.61 bits per heavy atom. The van der Waals surface area contributed by atoms with E-state index in [0.717, 1.165) is 36.9 Å². The van der Waals surface area contributed by atoms with Gasteiger partial charge in [-0.25, -0.2) is 9.07 Å². The van der Waals surface area contributed by atoms with Gasteiger partial charge in [0.05, 0.1) is 16.7 Å². The van der Waals surface area contributed by atoms with E-state index in [9.17, 15) is 19.3 Å². The van der Waals surface area contributed by atoms with E-state index < -0.39 is 4.92 Å². The molecule has 0 N–H and O–H groups in total. The Labute approximate surface area is 179 Å². The van der Waals surface area contributed by atoms with E-state index in [1.165, 1.54) is 24.3 Å². The van der Waals surface area contributed by atoms with Gasteiger partial charge in [0.1, 0.15) is 5.82 Å². The number of amides is 1. The molecule has 0 spiro atoms. The normalized spacial score (nSPS) is 14.0. The molecule has 1 atom stereocenters. The van der Waals surface area contributed by atoms with Crippen LogP contribution in [0.1, 0.15) is 53.1 Å². The fraction of sp³-hybridized carbons (Fsp3) is 0.304. The molecule has 1 aliphatic carbocycles. The zero-order valence-corrected chi connectivity index (χ0v) is 17.4. The molecule has 0 fully saturated rings. The summed E-state index contributed by atoms with van der Waals surface area (Å²) >= 11 is 0. The number of carbonyl (C=O) groups excluding carboxylic acids is 1. The van der Waals surface area contributed by atoms with Crippen molar-refractivity contribution in [2.75, 3.05) is 7.05 Å². The average molecular weight is 422 g/mol. The standard InChI is InChI=1S/C23H23FN4O3/c1-15(16-6-5-7-19(14-16)28(30)31)26(2)23(29)22-20-8-3-4-9-21(20)27(25-22)18-12-10-17(24)11-13-18/h5-7,10-15H,3-4,8-9H2,1-2H3. The van der Waals surface area contributed by atoms with E-state index in [4.69, 9.17) is 0 Å². The highest BCUT2D eigenvalue weighted by molar-refractivity contribution is 5.94. The van der Waals surface area contributed by atoms with Crippen LogP contribution in [0.5, 0.6) is 0 Å². The first-order valence-electron chi connectivity index (χ1n) is 10.2. The number of nitro benzene ring substituents is 1. The van der Waals surface area contributed by atoms with E-state index in [0.29, 0.717) is 16.9 Å². The van der Waals surface area contributed by atoms with E-state index in [-0.39, 0.29) is 23.5 Å². The van der Waals surface area contributed by atoms with Gasteiger partial charge < -0.3 is 4.90 Å². The molecule has 3 aromatic rings. The Morgan fingerprint density at radius 2 is 1.90 bits per heavy atom. The van der Waals surface area contributed by atoms with Crippen LogP contribution in [0.3, 0.4) is 0 Å². The molecule has 1 aliphatic rings. The summed E-state index contributed by atoms with van der Waals surface area (Å²) in [6.07, 6.45) is 3.55. The van der Waals surface area contributed by atoms with Crippen LogP contribution < -0.4 is 0 Å². The third-order valence-corrected chi connectivity index (χ3v) is 5.92. The second-order valence-electron chi connectivity index (χ2n) is 7.81. The van der Waals surface area contributed by atoms with Gasteiger partial charge in [0.25, 0.3) is 11.6 Å². The van der Waals surface area contributed by atoms with Crippen molar-refractivity contribution < 1.29 is 14.1 Å². The van der Waals surface area contributed by atoms with Crippen LogP contribution in [0, 0.1) is 15.9 Å². The predicted molar refractivity (Wildman–Crippen MR) is 114 cm³/mol. The smallest absolute Gasteiger partial charge is 0.274 e. The van der Waals surface area contributed by atoms with E-state index >= 15 is 0 Å². The van der Waals surface area contributed by atoms with Crippen molar-refractivity contribution in [1.29, 1.82) is 0 Å². The summed E-state index contributed by atoms with van der Waals surface area (Å²) in [4.78, 5) is 25.6. The predicted octanol–water partition coefficient (Wildman–Crippen LogP) is 4.63. The van der Waals surface area contributed by atoms with Gasteiger partial charge in [-0.1, -0.05) is 12.1 Å². The molecule has 1 unspecified atom stereocenters. The summed E-state index contributed by atoms with van der Waals surface area (Å²) in [5, 5.41) is 15.7. The first kappa shape index (κ1) is 20.7.